The van der Waals surface area contributed by atoms with E-state index in [0.29, 0.717) is 13.1 Å². The minimum atomic E-state index is -3.00. The Morgan fingerprint density at radius 2 is 2.41 bits per heavy atom. The van der Waals surface area contributed by atoms with Crippen molar-refractivity contribution in [2.75, 3.05) is 12.4 Å². The summed E-state index contributed by atoms with van der Waals surface area (Å²) in [7, 11) is -3.00. The van der Waals surface area contributed by atoms with Gasteiger partial charge in [-0.15, -0.1) is 0 Å². The molecular weight excluding hydrogens is 242 g/mol. The Morgan fingerprint density at radius 3 is 3.06 bits per heavy atom. The van der Waals surface area contributed by atoms with Crippen molar-refractivity contribution in [1.29, 1.82) is 0 Å². The molecule has 1 unspecified atom stereocenters. The molecule has 0 spiro atoms. The summed E-state index contributed by atoms with van der Waals surface area (Å²) in [6.45, 7) is 1.09. The number of aliphatic hydroxyl groups is 1. The molecule has 0 aromatic carbocycles. The second-order valence-corrected chi connectivity index (χ2v) is 5.91. The number of hydrogen-bond acceptors (Lipinski definition) is 5. The number of hydrogen-bond donors (Lipinski definition) is 2. The molecule has 1 atom stereocenters. The number of aliphatic hydroxyl groups excluding tert-OH is 1. The zero-order valence-corrected chi connectivity index (χ0v) is 10.1. The van der Waals surface area contributed by atoms with Gasteiger partial charge in [-0.25, -0.2) is 8.42 Å². The van der Waals surface area contributed by atoms with Crippen LogP contribution in [0.4, 0.5) is 0 Å². The second kappa shape index (κ2) is 4.99. The Hall–Kier alpha value is -1.18. The maximum absolute atomic E-state index is 11.2. The highest BCUT2D eigenvalue weighted by Gasteiger charge is 2.20. The molecule has 1 aliphatic rings. The van der Waals surface area contributed by atoms with E-state index in [0.717, 1.165) is 5.56 Å². The molecule has 17 heavy (non-hydrogen) atoms. The van der Waals surface area contributed by atoms with E-state index in [1.807, 2.05) is 6.20 Å². The number of nitrogens with one attached hydrogen (secondary N) is 1. The molecule has 6 nitrogen and oxygen atoms in total. The molecule has 1 aromatic heterocycles. The van der Waals surface area contributed by atoms with Crippen molar-refractivity contribution >= 4 is 9.84 Å². The van der Waals surface area contributed by atoms with Gasteiger partial charge in [0.2, 0.25) is 0 Å². The molecule has 2 heterocycles. The Labute approximate surface area is 99.9 Å². The van der Waals surface area contributed by atoms with E-state index in [4.69, 9.17) is 5.11 Å². The molecule has 0 fully saturated rings. The summed E-state index contributed by atoms with van der Waals surface area (Å²) in [4.78, 5) is 0. The second-order valence-electron chi connectivity index (χ2n) is 3.98. The van der Waals surface area contributed by atoms with Crippen LogP contribution in [0.1, 0.15) is 5.56 Å². The largest absolute Gasteiger partial charge is 0.394 e. The first-order valence-electron chi connectivity index (χ1n) is 5.35. The standard InChI is InChI=1S/C10H15N3O3S/c14-3-2-13-7-9(6-12-13)5-11-10-1-4-17(15,16)8-10/h1,4,6-7,10-11,14H,2-3,5,8H2. The Morgan fingerprint density at radius 1 is 1.59 bits per heavy atom. The Balaban J connectivity index is 1.84. The van der Waals surface area contributed by atoms with Crippen LogP contribution < -0.4 is 5.32 Å². The average Bonchev–Trinajstić information content (AvgIpc) is 2.83. The Bertz CT molecular complexity index is 507. The summed E-state index contributed by atoms with van der Waals surface area (Å²) in [6.07, 6.45) is 5.19. The number of aromatic nitrogens is 2. The van der Waals surface area contributed by atoms with Crippen molar-refractivity contribution in [2.45, 2.75) is 19.1 Å². The zero-order valence-electron chi connectivity index (χ0n) is 9.28. The van der Waals surface area contributed by atoms with Gasteiger partial charge in [-0.05, 0) is 0 Å². The minimum Gasteiger partial charge on any atom is -0.394 e. The molecule has 0 saturated heterocycles. The lowest BCUT2D eigenvalue weighted by atomic mass is 10.3. The number of nitrogens with zero attached hydrogens (tertiary/aromatic N) is 2. The monoisotopic (exact) mass is 257 g/mol. The molecule has 0 saturated carbocycles. The molecule has 94 valence electrons. The van der Waals surface area contributed by atoms with E-state index in [1.54, 1.807) is 17.0 Å². The first-order valence-corrected chi connectivity index (χ1v) is 7.07. The summed E-state index contributed by atoms with van der Waals surface area (Å²) in [6, 6.07) is -0.124. The third-order valence-electron chi connectivity index (χ3n) is 2.51. The minimum absolute atomic E-state index is 0.0537. The molecule has 2 N–H and O–H groups in total. The molecule has 1 aliphatic heterocycles. The van der Waals surface area contributed by atoms with Crippen LogP contribution in [0.25, 0.3) is 0 Å². The van der Waals surface area contributed by atoms with Gasteiger partial charge in [0.25, 0.3) is 0 Å². The van der Waals surface area contributed by atoms with Crippen molar-refractivity contribution in [2.24, 2.45) is 0 Å². The van der Waals surface area contributed by atoms with Gasteiger partial charge < -0.3 is 10.4 Å². The first kappa shape index (κ1) is 12.3. The maximum Gasteiger partial charge on any atom is 0.173 e. The van der Waals surface area contributed by atoms with Gasteiger partial charge in [-0.1, -0.05) is 6.08 Å². The average molecular weight is 257 g/mol. The van der Waals surface area contributed by atoms with Crippen LogP contribution in [0.3, 0.4) is 0 Å². The van der Waals surface area contributed by atoms with Crippen LogP contribution in [-0.2, 0) is 22.9 Å². The molecule has 0 bridgehead atoms. The highest BCUT2D eigenvalue weighted by Crippen LogP contribution is 2.08. The number of rotatable bonds is 5. The summed E-state index contributed by atoms with van der Waals surface area (Å²) < 4.78 is 24.0. The predicted octanol–water partition coefficient (Wildman–Crippen LogP) is -0.724. The topological polar surface area (TPSA) is 84.2 Å². The van der Waals surface area contributed by atoms with E-state index in [1.165, 1.54) is 5.41 Å². The fourth-order valence-corrected chi connectivity index (χ4v) is 2.94. The quantitative estimate of drug-likeness (QED) is 0.727. The van der Waals surface area contributed by atoms with Crippen molar-refractivity contribution in [3.05, 3.63) is 29.4 Å². The van der Waals surface area contributed by atoms with Gasteiger partial charge >= 0.3 is 0 Å². The van der Waals surface area contributed by atoms with Gasteiger partial charge in [0.1, 0.15) is 0 Å². The molecule has 0 amide bonds. The SMILES string of the molecule is O=S1(=O)C=CC(NCc2cnn(CCO)c2)C1. The highest BCUT2D eigenvalue weighted by molar-refractivity contribution is 7.94. The molecule has 0 radical (unpaired) electrons. The molecular formula is C10H15N3O3S. The van der Waals surface area contributed by atoms with Crippen LogP contribution >= 0.6 is 0 Å². The zero-order chi connectivity index (χ0) is 12.3. The summed E-state index contributed by atoms with van der Waals surface area (Å²) in [5.41, 5.74) is 0.969. The fourth-order valence-electron chi connectivity index (χ4n) is 1.67. The van der Waals surface area contributed by atoms with E-state index in [2.05, 4.69) is 10.4 Å². The van der Waals surface area contributed by atoms with Crippen LogP contribution in [0.2, 0.25) is 0 Å². The van der Waals surface area contributed by atoms with Crippen LogP contribution in [0, 0.1) is 0 Å². The Kier molecular flexibility index (Phi) is 3.60. The maximum atomic E-state index is 11.2. The lowest BCUT2D eigenvalue weighted by Crippen LogP contribution is -2.29. The van der Waals surface area contributed by atoms with E-state index in [9.17, 15) is 8.42 Å². The predicted molar refractivity (Wildman–Crippen MR) is 62.9 cm³/mol. The van der Waals surface area contributed by atoms with Gasteiger partial charge in [0.05, 0.1) is 25.1 Å². The first-order chi connectivity index (χ1) is 8.09. The van der Waals surface area contributed by atoms with Crippen LogP contribution in [-0.4, -0.2) is 41.7 Å². The van der Waals surface area contributed by atoms with Gasteiger partial charge in [-0.3, -0.25) is 4.68 Å². The van der Waals surface area contributed by atoms with Gasteiger partial charge in [0.15, 0.2) is 9.84 Å². The summed E-state index contributed by atoms with van der Waals surface area (Å²) in [5.74, 6) is 0.123. The molecule has 7 heteroatoms. The third-order valence-corrected chi connectivity index (χ3v) is 3.91. The molecule has 0 aliphatic carbocycles. The van der Waals surface area contributed by atoms with E-state index >= 15 is 0 Å². The third kappa shape index (κ3) is 3.39. The van der Waals surface area contributed by atoms with Crippen LogP contribution in [0.15, 0.2) is 23.9 Å². The van der Waals surface area contributed by atoms with Crippen molar-refractivity contribution < 1.29 is 13.5 Å². The summed E-state index contributed by atoms with van der Waals surface area (Å²) in [5, 5.41) is 17.2. The summed E-state index contributed by atoms with van der Waals surface area (Å²) >= 11 is 0. The number of sulfone groups is 1. The van der Waals surface area contributed by atoms with Crippen molar-refractivity contribution in [3.8, 4) is 0 Å². The lowest BCUT2D eigenvalue weighted by Gasteiger charge is -2.07. The van der Waals surface area contributed by atoms with E-state index < -0.39 is 9.84 Å². The normalized spacial score (nSPS) is 22.1. The highest BCUT2D eigenvalue weighted by atomic mass is 32.2. The van der Waals surface area contributed by atoms with E-state index in [-0.39, 0.29) is 18.4 Å². The van der Waals surface area contributed by atoms with Crippen molar-refractivity contribution in [1.82, 2.24) is 15.1 Å². The van der Waals surface area contributed by atoms with Crippen molar-refractivity contribution in [3.63, 3.8) is 0 Å². The van der Waals surface area contributed by atoms with Gasteiger partial charge in [0, 0.05) is 29.8 Å². The van der Waals surface area contributed by atoms with Crippen LogP contribution in [0.5, 0.6) is 0 Å². The van der Waals surface area contributed by atoms with Gasteiger partial charge in [-0.2, -0.15) is 5.10 Å². The smallest absolute Gasteiger partial charge is 0.173 e. The lowest BCUT2D eigenvalue weighted by molar-refractivity contribution is 0.269. The fraction of sp³-hybridized carbons (Fsp3) is 0.500. The molecule has 1 aromatic rings. The molecule has 2 rings (SSSR count).